The summed E-state index contributed by atoms with van der Waals surface area (Å²) >= 11 is 0. The molecule has 4 aromatic rings. The summed E-state index contributed by atoms with van der Waals surface area (Å²) < 4.78 is 0. The molecule has 0 bridgehead atoms. The second-order valence-corrected chi connectivity index (χ2v) is 4.88. The maximum atomic E-state index is 3.51. The lowest BCUT2D eigenvalue weighted by atomic mass is 10.0. The third kappa shape index (κ3) is 1.22. The minimum absolute atomic E-state index is 1.22. The number of aryl methyl sites for hydroxylation is 1. The standard InChI is InChI=1S/C17H13N/c1-11-6-8-14-16(10-11)18-15-9-7-12-4-2-3-5-13(12)17(14)15/h2-10,18H,1H3. The molecule has 0 unspecified atom stereocenters. The van der Waals surface area contributed by atoms with Gasteiger partial charge in [-0.25, -0.2) is 0 Å². The fourth-order valence-corrected chi connectivity index (χ4v) is 2.79. The second kappa shape index (κ2) is 3.36. The van der Waals surface area contributed by atoms with Gasteiger partial charge in [0.25, 0.3) is 0 Å². The minimum Gasteiger partial charge on any atom is -0.354 e. The molecule has 0 saturated carbocycles. The molecule has 3 aromatic carbocycles. The smallest absolute Gasteiger partial charge is 0.0471 e. The second-order valence-electron chi connectivity index (χ2n) is 4.88. The molecule has 1 heterocycles. The number of rotatable bonds is 0. The quantitative estimate of drug-likeness (QED) is 0.448. The molecule has 0 amide bonds. The predicted octanol–water partition coefficient (Wildman–Crippen LogP) is 4.78. The van der Waals surface area contributed by atoms with Gasteiger partial charge in [0.2, 0.25) is 0 Å². The van der Waals surface area contributed by atoms with Crippen molar-refractivity contribution in [3.05, 3.63) is 60.2 Å². The van der Waals surface area contributed by atoms with Crippen molar-refractivity contribution in [2.75, 3.05) is 0 Å². The van der Waals surface area contributed by atoms with E-state index in [1.165, 1.54) is 38.1 Å². The van der Waals surface area contributed by atoms with Gasteiger partial charge in [0.15, 0.2) is 0 Å². The number of fused-ring (bicyclic) bond motifs is 5. The molecule has 86 valence electrons. The summed E-state index contributed by atoms with van der Waals surface area (Å²) in [6.45, 7) is 2.13. The molecule has 4 rings (SSSR count). The minimum atomic E-state index is 1.22. The monoisotopic (exact) mass is 231 g/mol. The van der Waals surface area contributed by atoms with Gasteiger partial charge in [0.1, 0.15) is 0 Å². The summed E-state index contributed by atoms with van der Waals surface area (Å²) in [5.74, 6) is 0. The van der Waals surface area contributed by atoms with Crippen LogP contribution in [0.4, 0.5) is 0 Å². The first-order valence-electron chi connectivity index (χ1n) is 6.23. The van der Waals surface area contributed by atoms with Crippen LogP contribution in [-0.2, 0) is 0 Å². The van der Waals surface area contributed by atoms with Crippen LogP contribution in [0.2, 0.25) is 0 Å². The highest BCUT2D eigenvalue weighted by molar-refractivity contribution is 6.20. The lowest BCUT2D eigenvalue weighted by molar-refractivity contribution is 1.47. The molecule has 0 aliphatic carbocycles. The number of aromatic nitrogens is 1. The normalized spacial score (nSPS) is 11.6. The van der Waals surface area contributed by atoms with Crippen molar-refractivity contribution in [3.8, 4) is 0 Å². The lowest BCUT2D eigenvalue weighted by Crippen LogP contribution is -1.74. The highest BCUT2D eigenvalue weighted by Crippen LogP contribution is 2.32. The van der Waals surface area contributed by atoms with E-state index in [9.17, 15) is 0 Å². The van der Waals surface area contributed by atoms with Gasteiger partial charge in [0, 0.05) is 21.8 Å². The van der Waals surface area contributed by atoms with Crippen molar-refractivity contribution in [3.63, 3.8) is 0 Å². The van der Waals surface area contributed by atoms with E-state index < -0.39 is 0 Å². The summed E-state index contributed by atoms with van der Waals surface area (Å²) in [5, 5.41) is 5.27. The zero-order chi connectivity index (χ0) is 12.1. The van der Waals surface area contributed by atoms with Gasteiger partial charge in [-0.3, -0.25) is 0 Å². The Balaban J connectivity index is 2.33. The van der Waals surface area contributed by atoms with Crippen molar-refractivity contribution < 1.29 is 0 Å². The van der Waals surface area contributed by atoms with Crippen LogP contribution in [0.5, 0.6) is 0 Å². The number of H-pyrrole nitrogens is 1. The Morgan fingerprint density at radius 3 is 2.61 bits per heavy atom. The molecule has 0 aliphatic rings. The van der Waals surface area contributed by atoms with E-state index in [4.69, 9.17) is 0 Å². The first kappa shape index (κ1) is 9.72. The lowest BCUT2D eigenvalue weighted by Gasteiger charge is -1.99. The van der Waals surface area contributed by atoms with E-state index in [2.05, 4.69) is 66.5 Å². The van der Waals surface area contributed by atoms with Crippen molar-refractivity contribution in [2.45, 2.75) is 6.92 Å². The molecule has 0 radical (unpaired) electrons. The van der Waals surface area contributed by atoms with Gasteiger partial charge in [-0.1, -0.05) is 42.5 Å². The van der Waals surface area contributed by atoms with Gasteiger partial charge in [-0.2, -0.15) is 0 Å². The van der Waals surface area contributed by atoms with Crippen LogP contribution in [0.15, 0.2) is 54.6 Å². The van der Waals surface area contributed by atoms with Crippen LogP contribution < -0.4 is 0 Å². The average Bonchev–Trinajstić information content (AvgIpc) is 2.76. The molecule has 1 aromatic heterocycles. The zero-order valence-electron chi connectivity index (χ0n) is 10.2. The Kier molecular flexibility index (Phi) is 1.81. The molecule has 1 nitrogen and oxygen atoms in total. The Hall–Kier alpha value is -2.28. The van der Waals surface area contributed by atoms with Gasteiger partial charge in [-0.05, 0) is 35.4 Å². The third-order valence-corrected chi connectivity index (χ3v) is 3.64. The number of benzene rings is 3. The molecule has 0 atom stereocenters. The van der Waals surface area contributed by atoms with Crippen LogP contribution in [0.25, 0.3) is 32.6 Å². The Morgan fingerprint density at radius 1 is 0.778 bits per heavy atom. The maximum absolute atomic E-state index is 3.51. The molecule has 0 fully saturated rings. The number of aromatic amines is 1. The molecular formula is C17H13N. The van der Waals surface area contributed by atoms with E-state index in [1.54, 1.807) is 0 Å². The molecule has 1 heteroatoms. The summed E-state index contributed by atoms with van der Waals surface area (Å²) in [5.41, 5.74) is 3.73. The zero-order valence-corrected chi connectivity index (χ0v) is 10.2. The largest absolute Gasteiger partial charge is 0.354 e. The van der Waals surface area contributed by atoms with Crippen molar-refractivity contribution in [1.29, 1.82) is 0 Å². The molecule has 0 spiro atoms. The summed E-state index contributed by atoms with van der Waals surface area (Å²) in [4.78, 5) is 3.51. The van der Waals surface area contributed by atoms with Crippen LogP contribution in [0.1, 0.15) is 5.56 Å². The SMILES string of the molecule is Cc1ccc2c(c1)[nH]c1ccc3ccccc3c12. The molecule has 0 saturated heterocycles. The van der Waals surface area contributed by atoms with E-state index in [0.717, 1.165) is 0 Å². The fourth-order valence-electron chi connectivity index (χ4n) is 2.79. The van der Waals surface area contributed by atoms with Crippen LogP contribution in [-0.4, -0.2) is 4.98 Å². The summed E-state index contributed by atoms with van der Waals surface area (Å²) in [7, 11) is 0. The average molecular weight is 231 g/mol. The predicted molar refractivity (Wildman–Crippen MR) is 78.0 cm³/mol. The van der Waals surface area contributed by atoms with Gasteiger partial charge in [-0.15, -0.1) is 0 Å². The maximum Gasteiger partial charge on any atom is 0.0471 e. The highest BCUT2D eigenvalue weighted by Gasteiger charge is 2.07. The van der Waals surface area contributed by atoms with Gasteiger partial charge < -0.3 is 4.98 Å². The van der Waals surface area contributed by atoms with E-state index >= 15 is 0 Å². The first-order chi connectivity index (χ1) is 8.83. The Labute approximate surface area is 105 Å². The van der Waals surface area contributed by atoms with Crippen molar-refractivity contribution in [2.24, 2.45) is 0 Å². The number of hydrogen-bond donors (Lipinski definition) is 1. The fraction of sp³-hybridized carbons (Fsp3) is 0.0588. The number of nitrogens with one attached hydrogen (secondary N) is 1. The van der Waals surface area contributed by atoms with Crippen LogP contribution in [0, 0.1) is 6.92 Å². The Bertz CT molecular complexity index is 884. The van der Waals surface area contributed by atoms with E-state index in [0.29, 0.717) is 0 Å². The highest BCUT2D eigenvalue weighted by atomic mass is 14.7. The summed E-state index contributed by atoms with van der Waals surface area (Å²) in [6.07, 6.45) is 0. The van der Waals surface area contributed by atoms with E-state index in [1.807, 2.05) is 0 Å². The molecule has 0 aliphatic heterocycles. The van der Waals surface area contributed by atoms with Gasteiger partial charge >= 0.3 is 0 Å². The molecule has 18 heavy (non-hydrogen) atoms. The molecule has 1 N–H and O–H groups in total. The van der Waals surface area contributed by atoms with Crippen LogP contribution in [0.3, 0.4) is 0 Å². The topological polar surface area (TPSA) is 15.8 Å². The third-order valence-electron chi connectivity index (χ3n) is 3.64. The van der Waals surface area contributed by atoms with E-state index in [-0.39, 0.29) is 0 Å². The van der Waals surface area contributed by atoms with Crippen LogP contribution >= 0.6 is 0 Å². The van der Waals surface area contributed by atoms with Crippen molar-refractivity contribution in [1.82, 2.24) is 4.98 Å². The Morgan fingerprint density at radius 2 is 1.67 bits per heavy atom. The first-order valence-corrected chi connectivity index (χ1v) is 6.23. The van der Waals surface area contributed by atoms with Crippen molar-refractivity contribution >= 4 is 32.6 Å². The summed E-state index contributed by atoms with van der Waals surface area (Å²) in [6, 6.07) is 19.5. The molecular weight excluding hydrogens is 218 g/mol. The van der Waals surface area contributed by atoms with Gasteiger partial charge in [0.05, 0.1) is 0 Å². The number of hydrogen-bond acceptors (Lipinski definition) is 0.